The van der Waals surface area contributed by atoms with Crippen LogP contribution in [0.4, 0.5) is 4.79 Å². The Morgan fingerprint density at radius 3 is 1.96 bits per heavy atom. The fourth-order valence-electron chi connectivity index (χ4n) is 9.55. The first-order valence-corrected chi connectivity index (χ1v) is 25.9. The number of amides is 1. The molecule has 0 aliphatic carbocycles. The second kappa shape index (κ2) is 22.1. The molecule has 0 spiro atoms. The van der Waals surface area contributed by atoms with Crippen LogP contribution in [-0.2, 0) is 22.6 Å². The number of aromatic amines is 3. The minimum atomic E-state index is -0.560. The largest absolute Gasteiger partial charge is 0.444 e. The number of pyridine rings is 2. The van der Waals surface area contributed by atoms with Gasteiger partial charge in [-0.05, 0) is 136 Å². The van der Waals surface area contributed by atoms with Crippen LogP contribution in [0.15, 0.2) is 134 Å². The summed E-state index contributed by atoms with van der Waals surface area (Å²) in [6.07, 6.45) is 14.0. The summed E-state index contributed by atoms with van der Waals surface area (Å²) >= 11 is 0. The number of rotatable bonds is 13. The molecule has 15 heteroatoms. The van der Waals surface area contributed by atoms with Crippen LogP contribution < -0.4 is 5.32 Å². The number of hydrogen-bond donors (Lipinski definition) is 4. The van der Waals surface area contributed by atoms with E-state index in [0.717, 1.165) is 134 Å². The minimum Gasteiger partial charge on any atom is -0.444 e. The second-order valence-corrected chi connectivity index (χ2v) is 19.9. The first-order valence-electron chi connectivity index (χ1n) is 25.9. The van der Waals surface area contributed by atoms with Gasteiger partial charge in [-0.15, -0.1) is 0 Å². The number of H-pyrrole nitrogens is 3. The van der Waals surface area contributed by atoms with Crippen LogP contribution in [0.5, 0.6) is 0 Å². The van der Waals surface area contributed by atoms with E-state index in [2.05, 4.69) is 122 Å². The Labute approximate surface area is 437 Å². The molecule has 15 nitrogen and oxygen atoms in total. The summed E-state index contributed by atoms with van der Waals surface area (Å²) < 4.78 is 13.8. The van der Waals surface area contributed by atoms with Gasteiger partial charge in [0.05, 0.1) is 41.4 Å². The maximum Gasteiger partial charge on any atom is 0.410 e. The van der Waals surface area contributed by atoms with E-state index >= 15 is 0 Å². The normalized spacial score (nSPS) is 13.7. The van der Waals surface area contributed by atoms with E-state index in [1.165, 1.54) is 11.1 Å². The number of carbonyl (C=O) groups excluding carboxylic acids is 1. The zero-order chi connectivity index (χ0) is 52.1. The number of imidazole rings is 2. The molecular formula is C60H64N12O3. The summed E-state index contributed by atoms with van der Waals surface area (Å²) in [5.74, 6) is 1.46. The second-order valence-electron chi connectivity index (χ2n) is 19.9. The van der Waals surface area contributed by atoms with Gasteiger partial charge in [0.25, 0.3) is 0 Å². The molecule has 0 saturated carbocycles. The summed E-state index contributed by atoms with van der Waals surface area (Å²) in [6.45, 7) is 17.4. The van der Waals surface area contributed by atoms with Gasteiger partial charge in [-0.2, -0.15) is 10.2 Å². The zero-order valence-electron chi connectivity index (χ0n) is 43.7. The zero-order valence-corrected chi connectivity index (χ0v) is 43.7. The number of benzene rings is 4. The Hall–Kier alpha value is -8.27. The van der Waals surface area contributed by atoms with Gasteiger partial charge >= 0.3 is 6.09 Å². The molecule has 1 aliphatic heterocycles. The van der Waals surface area contributed by atoms with Gasteiger partial charge in [0, 0.05) is 66.4 Å². The Morgan fingerprint density at radius 1 is 0.733 bits per heavy atom. The lowest BCUT2D eigenvalue weighted by atomic mass is 9.97. The van der Waals surface area contributed by atoms with Crippen LogP contribution >= 0.6 is 0 Å². The lowest BCUT2D eigenvalue weighted by molar-refractivity contribution is -0.0365. The van der Waals surface area contributed by atoms with Gasteiger partial charge < -0.3 is 29.7 Å². The molecule has 10 aromatic rings. The molecule has 4 N–H and O–H groups in total. The first kappa shape index (κ1) is 50.3. The van der Waals surface area contributed by atoms with Crippen LogP contribution in [0.2, 0.25) is 0 Å². The molecular weight excluding hydrogens is 937 g/mol. The van der Waals surface area contributed by atoms with E-state index in [1.54, 1.807) is 4.90 Å². The highest BCUT2D eigenvalue weighted by Gasteiger charge is 2.26. The van der Waals surface area contributed by atoms with Crippen molar-refractivity contribution in [1.29, 1.82) is 0 Å². The quantitative estimate of drug-likeness (QED) is 0.0868. The minimum absolute atomic E-state index is 0.117. The topological polar surface area (TPSA) is 180 Å². The Morgan fingerprint density at radius 2 is 1.35 bits per heavy atom. The molecule has 1 saturated heterocycles. The average molecular weight is 1000 g/mol. The number of hydrogen-bond acceptors (Lipinski definition) is 10. The average Bonchev–Trinajstić information content (AvgIpc) is 4.27. The maximum atomic E-state index is 12.9. The molecule has 1 amide bonds. The van der Waals surface area contributed by atoms with E-state index in [1.807, 2.05) is 106 Å². The number of aromatic nitrogens is 10. The third-order valence-corrected chi connectivity index (χ3v) is 13.7. The van der Waals surface area contributed by atoms with E-state index in [9.17, 15) is 4.79 Å². The highest BCUT2D eigenvalue weighted by atomic mass is 16.6. The summed E-state index contributed by atoms with van der Waals surface area (Å²) in [5.41, 5.74) is 15.8. The summed E-state index contributed by atoms with van der Waals surface area (Å²) in [6, 6.07) is 33.1. The number of nitrogens with one attached hydrogen (secondary N) is 4. The Balaban J connectivity index is 0.000000181. The smallest absolute Gasteiger partial charge is 0.410 e. The number of ether oxygens (including phenoxy) is 2. The van der Waals surface area contributed by atoms with Gasteiger partial charge in [0.1, 0.15) is 17.0 Å². The molecule has 75 heavy (non-hydrogen) atoms. The van der Waals surface area contributed by atoms with Crippen LogP contribution in [-0.4, -0.2) is 86.2 Å². The summed E-state index contributed by atoms with van der Waals surface area (Å²) in [5, 5.41) is 18.2. The molecule has 0 radical (unpaired) electrons. The molecule has 1 atom stereocenters. The molecule has 382 valence electrons. The molecule has 11 rings (SSSR count). The highest BCUT2D eigenvalue weighted by molar-refractivity contribution is 5.96. The molecule has 6 aromatic heterocycles. The van der Waals surface area contributed by atoms with Crippen molar-refractivity contribution in [2.24, 2.45) is 0 Å². The number of nitrogens with zero attached hydrogens (tertiary/aromatic N) is 8. The van der Waals surface area contributed by atoms with Gasteiger partial charge in [-0.1, -0.05) is 79.7 Å². The SMILES string of the molecule is CCN(Cc1cncc(-c2ccc3c(c2)c(-c2ncc(-c4ccccc4)[nH]2)nn3C2CCCCO2)c1C)C(=O)OC(C)(C)C.CCNCc1cncc(-c2ccc3[nH]nc(-c4ncc(-c5ccccc5)[nH]4)c3c2)c1C. The molecule has 1 aliphatic rings. The highest BCUT2D eigenvalue weighted by Crippen LogP contribution is 2.37. The Kier molecular flexibility index (Phi) is 14.8. The van der Waals surface area contributed by atoms with Crippen molar-refractivity contribution in [3.63, 3.8) is 0 Å². The monoisotopic (exact) mass is 1000 g/mol. The fraction of sp³-hybridized carbons (Fsp3) is 0.283. The summed E-state index contributed by atoms with van der Waals surface area (Å²) in [7, 11) is 0. The van der Waals surface area contributed by atoms with Gasteiger partial charge in [-0.3, -0.25) is 15.1 Å². The van der Waals surface area contributed by atoms with Crippen molar-refractivity contribution in [3.05, 3.63) is 156 Å². The predicted molar refractivity (Wildman–Crippen MR) is 296 cm³/mol. The van der Waals surface area contributed by atoms with Crippen molar-refractivity contribution >= 4 is 27.9 Å². The summed E-state index contributed by atoms with van der Waals surface area (Å²) in [4.78, 5) is 39.9. The molecule has 1 unspecified atom stereocenters. The van der Waals surface area contributed by atoms with Crippen LogP contribution in [0.25, 0.3) is 89.6 Å². The van der Waals surface area contributed by atoms with Gasteiger partial charge in [-0.25, -0.2) is 19.4 Å². The van der Waals surface area contributed by atoms with Crippen molar-refractivity contribution < 1.29 is 14.3 Å². The van der Waals surface area contributed by atoms with Crippen LogP contribution in [0.3, 0.4) is 0 Å². The van der Waals surface area contributed by atoms with Crippen molar-refractivity contribution in [2.75, 3.05) is 19.7 Å². The van der Waals surface area contributed by atoms with Crippen molar-refractivity contribution in [1.82, 2.24) is 60.1 Å². The van der Waals surface area contributed by atoms with Crippen LogP contribution in [0.1, 0.15) is 82.4 Å². The fourth-order valence-corrected chi connectivity index (χ4v) is 9.55. The van der Waals surface area contributed by atoms with E-state index < -0.39 is 5.60 Å². The van der Waals surface area contributed by atoms with Crippen molar-refractivity contribution in [3.8, 4) is 67.8 Å². The first-order chi connectivity index (χ1) is 36.5. The molecule has 4 aromatic carbocycles. The number of fused-ring (bicyclic) bond motifs is 2. The lowest BCUT2D eigenvalue weighted by Gasteiger charge is -2.27. The maximum absolute atomic E-state index is 12.9. The van der Waals surface area contributed by atoms with Crippen molar-refractivity contribution in [2.45, 2.75) is 92.6 Å². The van der Waals surface area contributed by atoms with Gasteiger partial charge in [0.2, 0.25) is 0 Å². The van der Waals surface area contributed by atoms with E-state index in [-0.39, 0.29) is 12.3 Å². The Bertz CT molecular complexity index is 3560. The molecule has 1 fully saturated rings. The third-order valence-electron chi connectivity index (χ3n) is 13.7. The van der Waals surface area contributed by atoms with E-state index in [4.69, 9.17) is 19.6 Å². The lowest BCUT2D eigenvalue weighted by Crippen LogP contribution is -2.36. The third kappa shape index (κ3) is 11.0. The molecule has 7 heterocycles. The molecule has 0 bridgehead atoms. The predicted octanol–water partition coefficient (Wildman–Crippen LogP) is 13.0. The van der Waals surface area contributed by atoms with Crippen LogP contribution in [0, 0.1) is 13.8 Å². The van der Waals surface area contributed by atoms with Gasteiger partial charge in [0.15, 0.2) is 17.9 Å². The standard InChI is InChI=1S/C35H40N6O3.C25H24N6/c1-6-40(34(42)44-35(3,4)5)22-26-19-36-20-28(23(26)2)25-15-16-30-27(18-25)32(39-41(30)31-14-10-11-17-43-31)33-37-21-29(38-33)24-12-8-7-9-13-24;1-3-26-12-19-13-27-14-21(16(19)2)18-9-10-22-20(11-18)24(31-30-22)25-28-15-23(29-25)17-7-5-4-6-8-17/h7-9,12-13,15-16,18-21,31H,6,10-11,14,17,22H2,1-5H3,(H,37,38);4-11,13-15,26H,3,12H2,1-2H3,(H,28,29)(H,30,31). The number of carbonyl (C=O) groups is 1. The van der Waals surface area contributed by atoms with E-state index in [0.29, 0.717) is 18.9 Å².